The lowest BCUT2D eigenvalue weighted by molar-refractivity contribution is -0.134. The Bertz CT molecular complexity index is 749. The van der Waals surface area contributed by atoms with E-state index in [2.05, 4.69) is 20.9 Å². The number of halogens is 1. The maximum Gasteiger partial charge on any atom is 0.251 e. The van der Waals surface area contributed by atoms with Crippen LogP contribution in [-0.4, -0.2) is 55.4 Å². The van der Waals surface area contributed by atoms with E-state index in [0.29, 0.717) is 18.0 Å². The van der Waals surface area contributed by atoms with Crippen molar-refractivity contribution in [2.24, 2.45) is 10.9 Å². The number of hydrogen-bond donors (Lipinski definition) is 3. The van der Waals surface area contributed by atoms with E-state index in [1.807, 2.05) is 30.0 Å². The summed E-state index contributed by atoms with van der Waals surface area (Å²) in [4.78, 5) is 31.2. The number of aliphatic imine (C=N–C) groups is 1. The van der Waals surface area contributed by atoms with E-state index in [-0.39, 0.29) is 41.8 Å². The molecule has 7 nitrogen and oxygen atoms in total. The van der Waals surface area contributed by atoms with Crippen LogP contribution in [0.2, 0.25) is 0 Å². The number of carbonyl (C=O) groups is 2. The summed E-state index contributed by atoms with van der Waals surface area (Å²) in [6.07, 6.45) is 5.41. The van der Waals surface area contributed by atoms with Gasteiger partial charge in [-0.15, -0.1) is 24.0 Å². The number of hydrogen-bond acceptors (Lipinski definition) is 3. The molecule has 1 saturated carbocycles. The molecule has 1 aliphatic heterocycles. The molecule has 3 N–H and O–H groups in total. The summed E-state index contributed by atoms with van der Waals surface area (Å²) in [5.74, 6) is 1.22. The summed E-state index contributed by atoms with van der Waals surface area (Å²) in [5, 5.41) is 9.40. The molecule has 2 fully saturated rings. The summed E-state index contributed by atoms with van der Waals surface area (Å²) in [7, 11) is 1.63. The molecule has 2 amide bonds. The highest BCUT2D eigenvalue weighted by atomic mass is 127. The maximum atomic E-state index is 12.6. The van der Waals surface area contributed by atoms with Crippen LogP contribution in [0, 0.1) is 5.92 Å². The molecule has 2 aliphatic rings. The van der Waals surface area contributed by atoms with Crippen LogP contribution in [0.25, 0.3) is 0 Å². The molecule has 0 spiro atoms. The van der Waals surface area contributed by atoms with Crippen LogP contribution in [0.3, 0.4) is 0 Å². The second kappa shape index (κ2) is 12.1. The minimum Gasteiger partial charge on any atom is -0.357 e. The zero-order valence-corrected chi connectivity index (χ0v) is 20.3. The predicted molar refractivity (Wildman–Crippen MR) is 130 cm³/mol. The first kappa shape index (κ1) is 24.4. The molecule has 30 heavy (non-hydrogen) atoms. The third-order valence-corrected chi connectivity index (χ3v) is 5.73. The van der Waals surface area contributed by atoms with E-state index >= 15 is 0 Å². The third kappa shape index (κ3) is 6.58. The molecule has 1 atom stereocenters. The number of carbonyl (C=O) groups excluding carboxylic acids is 2. The Morgan fingerprint density at radius 2 is 1.97 bits per heavy atom. The van der Waals surface area contributed by atoms with Crippen molar-refractivity contribution in [1.82, 2.24) is 20.9 Å². The minimum atomic E-state index is -0.0983. The summed E-state index contributed by atoms with van der Waals surface area (Å²) in [6.45, 7) is 4.85. The summed E-state index contributed by atoms with van der Waals surface area (Å²) >= 11 is 0. The van der Waals surface area contributed by atoms with Crippen molar-refractivity contribution >= 4 is 41.8 Å². The average molecular weight is 527 g/mol. The molecular formula is C22H34IN5O2. The molecule has 1 aromatic carbocycles. The molecule has 1 unspecified atom stereocenters. The Hall–Kier alpha value is -1.84. The van der Waals surface area contributed by atoms with E-state index < -0.39 is 0 Å². The van der Waals surface area contributed by atoms with Crippen LogP contribution in [-0.2, 0) is 11.3 Å². The summed E-state index contributed by atoms with van der Waals surface area (Å²) in [6, 6.07) is 7.72. The molecule has 0 radical (unpaired) electrons. The lowest BCUT2D eigenvalue weighted by atomic mass is 10.1. The zero-order valence-electron chi connectivity index (χ0n) is 17.9. The molecule has 1 saturated heterocycles. The molecule has 166 valence electrons. The van der Waals surface area contributed by atoms with Crippen LogP contribution >= 0.6 is 24.0 Å². The molecular weight excluding hydrogens is 493 g/mol. The van der Waals surface area contributed by atoms with Gasteiger partial charge in [0.15, 0.2) is 5.96 Å². The van der Waals surface area contributed by atoms with Crippen molar-refractivity contribution in [3.05, 3.63) is 35.4 Å². The Morgan fingerprint density at radius 3 is 2.67 bits per heavy atom. The Morgan fingerprint density at radius 1 is 1.20 bits per heavy atom. The molecule has 1 heterocycles. The second-order valence-electron chi connectivity index (χ2n) is 7.87. The van der Waals surface area contributed by atoms with Crippen LogP contribution < -0.4 is 16.0 Å². The summed E-state index contributed by atoms with van der Waals surface area (Å²) in [5.41, 5.74) is 1.61. The fourth-order valence-corrected chi connectivity index (χ4v) is 4.15. The Labute approximate surface area is 196 Å². The van der Waals surface area contributed by atoms with Gasteiger partial charge in [0.2, 0.25) is 5.91 Å². The quantitative estimate of drug-likeness (QED) is 0.302. The Kier molecular flexibility index (Phi) is 9.87. The Balaban J connectivity index is 0.00000320. The van der Waals surface area contributed by atoms with Gasteiger partial charge in [-0.25, -0.2) is 4.99 Å². The van der Waals surface area contributed by atoms with Crippen molar-refractivity contribution in [2.75, 3.05) is 26.7 Å². The highest BCUT2D eigenvalue weighted by Gasteiger charge is 2.32. The molecule has 0 aromatic heterocycles. The van der Waals surface area contributed by atoms with Crippen molar-refractivity contribution in [1.29, 1.82) is 0 Å². The van der Waals surface area contributed by atoms with Gasteiger partial charge >= 0.3 is 0 Å². The normalized spacial score (nSPS) is 19.3. The van der Waals surface area contributed by atoms with Crippen molar-refractivity contribution < 1.29 is 9.59 Å². The van der Waals surface area contributed by atoms with Crippen LogP contribution in [0.4, 0.5) is 0 Å². The van der Waals surface area contributed by atoms with Gasteiger partial charge < -0.3 is 20.9 Å². The smallest absolute Gasteiger partial charge is 0.251 e. The minimum absolute atomic E-state index is 0. The van der Waals surface area contributed by atoms with Gasteiger partial charge in [0, 0.05) is 44.2 Å². The standard InChI is InChI=1S/C22H33N5O2.HI/c1-3-24-22(25-14-16-7-6-10-18(13-16)20(28)23-2)26-19-11-12-27(15-19)21(29)17-8-4-5-9-17;/h6-7,10,13,17,19H,3-5,8-9,11-12,14-15H2,1-2H3,(H,23,28)(H2,24,25,26);1H. The first-order chi connectivity index (χ1) is 14.1. The van der Waals surface area contributed by atoms with E-state index in [1.54, 1.807) is 13.1 Å². The van der Waals surface area contributed by atoms with Gasteiger partial charge in [-0.3, -0.25) is 9.59 Å². The number of benzene rings is 1. The lowest BCUT2D eigenvalue weighted by Gasteiger charge is -2.21. The zero-order chi connectivity index (χ0) is 20.6. The number of amides is 2. The highest BCUT2D eigenvalue weighted by molar-refractivity contribution is 14.0. The number of nitrogens with one attached hydrogen (secondary N) is 3. The van der Waals surface area contributed by atoms with E-state index in [0.717, 1.165) is 50.4 Å². The van der Waals surface area contributed by atoms with E-state index in [4.69, 9.17) is 0 Å². The first-order valence-corrected chi connectivity index (χ1v) is 10.8. The molecule has 1 aliphatic carbocycles. The van der Waals surface area contributed by atoms with Crippen molar-refractivity contribution in [2.45, 2.75) is 51.6 Å². The van der Waals surface area contributed by atoms with Crippen molar-refractivity contribution in [3.63, 3.8) is 0 Å². The van der Waals surface area contributed by atoms with Gasteiger partial charge in [0.05, 0.1) is 6.54 Å². The molecule has 0 bridgehead atoms. The fraction of sp³-hybridized carbons (Fsp3) is 0.591. The van der Waals surface area contributed by atoms with Gasteiger partial charge in [-0.2, -0.15) is 0 Å². The second-order valence-corrected chi connectivity index (χ2v) is 7.87. The number of nitrogens with zero attached hydrogens (tertiary/aromatic N) is 2. The molecule has 3 rings (SSSR count). The molecule has 1 aromatic rings. The van der Waals surface area contributed by atoms with Gasteiger partial charge in [-0.05, 0) is 43.9 Å². The van der Waals surface area contributed by atoms with Crippen LogP contribution in [0.1, 0.15) is 54.9 Å². The first-order valence-electron chi connectivity index (χ1n) is 10.8. The van der Waals surface area contributed by atoms with Crippen molar-refractivity contribution in [3.8, 4) is 0 Å². The van der Waals surface area contributed by atoms with Gasteiger partial charge in [-0.1, -0.05) is 25.0 Å². The summed E-state index contributed by atoms with van der Waals surface area (Å²) < 4.78 is 0. The lowest BCUT2D eigenvalue weighted by Crippen LogP contribution is -2.45. The monoisotopic (exact) mass is 527 g/mol. The van der Waals surface area contributed by atoms with Gasteiger partial charge in [0.25, 0.3) is 5.91 Å². The predicted octanol–water partition coefficient (Wildman–Crippen LogP) is 2.51. The molecule has 8 heteroatoms. The van der Waals surface area contributed by atoms with Crippen LogP contribution in [0.5, 0.6) is 0 Å². The number of rotatable bonds is 6. The largest absolute Gasteiger partial charge is 0.357 e. The number of guanidine groups is 1. The van der Waals surface area contributed by atoms with E-state index in [9.17, 15) is 9.59 Å². The SMILES string of the molecule is CCNC(=NCc1cccc(C(=O)NC)c1)NC1CCN(C(=O)C2CCCC2)C1.I. The topological polar surface area (TPSA) is 85.8 Å². The highest BCUT2D eigenvalue weighted by Crippen LogP contribution is 2.27. The van der Waals surface area contributed by atoms with E-state index in [1.165, 1.54) is 12.8 Å². The average Bonchev–Trinajstić information content (AvgIpc) is 3.44. The number of likely N-dealkylation sites (tertiary alicyclic amines) is 1. The fourth-order valence-electron chi connectivity index (χ4n) is 4.15. The van der Waals surface area contributed by atoms with Crippen LogP contribution in [0.15, 0.2) is 29.3 Å². The maximum absolute atomic E-state index is 12.6. The van der Waals surface area contributed by atoms with Gasteiger partial charge in [0.1, 0.15) is 0 Å². The third-order valence-electron chi connectivity index (χ3n) is 5.73.